The third kappa shape index (κ3) is 2.22. The van der Waals surface area contributed by atoms with E-state index >= 15 is 0 Å². The summed E-state index contributed by atoms with van der Waals surface area (Å²) in [5.41, 5.74) is 1.08. The number of benzene rings is 2. The molecule has 0 saturated heterocycles. The highest BCUT2D eigenvalue weighted by Crippen LogP contribution is 2.36. The molecule has 0 unspecified atom stereocenters. The lowest BCUT2D eigenvalue weighted by atomic mass is 9.84. The molecule has 21 heavy (non-hydrogen) atoms. The molecule has 3 aromatic rings. The predicted molar refractivity (Wildman–Crippen MR) is 85.6 cm³/mol. The van der Waals surface area contributed by atoms with Crippen molar-refractivity contribution in [3.8, 4) is 0 Å². The molecule has 0 aliphatic heterocycles. The van der Waals surface area contributed by atoms with Gasteiger partial charge in [0.1, 0.15) is 0 Å². The number of aliphatic hydroxyl groups is 1. The third-order valence-corrected chi connectivity index (χ3v) is 4.14. The van der Waals surface area contributed by atoms with Crippen molar-refractivity contribution < 1.29 is 5.11 Å². The Bertz CT molecular complexity index is 751. The van der Waals surface area contributed by atoms with Gasteiger partial charge in [-0.1, -0.05) is 60.7 Å². The number of hydrogen-bond acceptors (Lipinski definition) is 2. The Kier molecular flexibility index (Phi) is 3.49. The number of hydrogen-bond donors (Lipinski definition) is 2. The van der Waals surface area contributed by atoms with Gasteiger partial charge < -0.3 is 14.7 Å². The summed E-state index contributed by atoms with van der Waals surface area (Å²) >= 11 is 5.24. The van der Waals surface area contributed by atoms with Crippen LogP contribution in [0.1, 0.15) is 16.8 Å². The summed E-state index contributed by atoms with van der Waals surface area (Å²) in [7, 11) is 1.85. The Morgan fingerprint density at radius 1 is 0.952 bits per heavy atom. The standard InChI is InChI=1S/C17H16N2OS/c1-19-15(12-18-16(19)21)17(20,13-8-4-2-5-9-13)14-10-6-3-7-11-14/h2-12,20H,1H3,(H,18,21). The highest BCUT2D eigenvalue weighted by Gasteiger charge is 2.36. The molecule has 3 rings (SSSR count). The van der Waals surface area contributed by atoms with Crippen LogP contribution in [0.15, 0.2) is 66.9 Å². The maximum atomic E-state index is 11.5. The Hall–Kier alpha value is -2.17. The van der Waals surface area contributed by atoms with Crippen LogP contribution in [0.3, 0.4) is 0 Å². The minimum absolute atomic E-state index is 0.579. The van der Waals surface area contributed by atoms with Crippen LogP contribution >= 0.6 is 12.2 Å². The van der Waals surface area contributed by atoms with Gasteiger partial charge in [-0.05, 0) is 23.3 Å². The van der Waals surface area contributed by atoms with Gasteiger partial charge in [0, 0.05) is 13.2 Å². The van der Waals surface area contributed by atoms with E-state index in [1.807, 2.05) is 67.7 Å². The van der Waals surface area contributed by atoms with Crippen molar-refractivity contribution in [3.05, 3.63) is 88.5 Å². The maximum absolute atomic E-state index is 11.5. The molecule has 0 aliphatic carbocycles. The van der Waals surface area contributed by atoms with E-state index in [4.69, 9.17) is 12.2 Å². The number of nitrogens with zero attached hydrogens (tertiary/aromatic N) is 1. The maximum Gasteiger partial charge on any atom is 0.177 e. The highest BCUT2D eigenvalue weighted by atomic mass is 32.1. The number of aromatic amines is 1. The number of H-pyrrole nitrogens is 1. The van der Waals surface area contributed by atoms with Crippen molar-refractivity contribution in [2.45, 2.75) is 5.60 Å². The molecule has 0 fully saturated rings. The molecule has 2 N–H and O–H groups in total. The monoisotopic (exact) mass is 296 g/mol. The van der Waals surface area contributed by atoms with Gasteiger partial charge in [-0.2, -0.15) is 0 Å². The van der Waals surface area contributed by atoms with Gasteiger partial charge in [0.05, 0.1) is 5.69 Å². The Morgan fingerprint density at radius 3 is 1.81 bits per heavy atom. The van der Waals surface area contributed by atoms with Crippen molar-refractivity contribution in [3.63, 3.8) is 0 Å². The lowest BCUT2D eigenvalue weighted by Crippen LogP contribution is -2.31. The Morgan fingerprint density at radius 2 is 1.43 bits per heavy atom. The van der Waals surface area contributed by atoms with Gasteiger partial charge in [-0.15, -0.1) is 0 Å². The summed E-state index contributed by atoms with van der Waals surface area (Å²) < 4.78 is 2.38. The average molecular weight is 296 g/mol. The van der Waals surface area contributed by atoms with Gasteiger partial charge in [0.2, 0.25) is 0 Å². The molecule has 106 valence electrons. The van der Waals surface area contributed by atoms with Crippen molar-refractivity contribution in [2.24, 2.45) is 7.05 Å². The van der Waals surface area contributed by atoms with E-state index in [1.165, 1.54) is 0 Å². The molecule has 1 aromatic heterocycles. The van der Waals surface area contributed by atoms with E-state index in [0.29, 0.717) is 10.5 Å². The van der Waals surface area contributed by atoms with Gasteiger partial charge in [0.15, 0.2) is 10.4 Å². The van der Waals surface area contributed by atoms with Gasteiger partial charge >= 0.3 is 0 Å². The number of imidazole rings is 1. The zero-order valence-corrected chi connectivity index (χ0v) is 12.5. The smallest absolute Gasteiger partial charge is 0.177 e. The topological polar surface area (TPSA) is 41.0 Å². The molecule has 0 aliphatic rings. The summed E-state index contributed by atoms with van der Waals surface area (Å²) in [6.07, 6.45) is 1.77. The first-order valence-electron chi connectivity index (χ1n) is 6.72. The van der Waals surface area contributed by atoms with Crippen molar-refractivity contribution in [1.29, 1.82) is 0 Å². The minimum atomic E-state index is -1.25. The van der Waals surface area contributed by atoms with Gasteiger partial charge in [-0.25, -0.2) is 0 Å². The van der Waals surface area contributed by atoms with E-state index in [2.05, 4.69) is 4.98 Å². The van der Waals surface area contributed by atoms with Gasteiger partial charge in [-0.3, -0.25) is 0 Å². The minimum Gasteiger partial charge on any atom is -0.374 e. The van der Waals surface area contributed by atoms with Crippen molar-refractivity contribution >= 4 is 12.2 Å². The summed E-state index contributed by atoms with van der Waals surface area (Å²) in [5, 5.41) is 11.5. The van der Waals surface area contributed by atoms with Crippen molar-refractivity contribution in [2.75, 3.05) is 0 Å². The summed E-state index contributed by atoms with van der Waals surface area (Å²) in [4.78, 5) is 3.00. The fourth-order valence-electron chi connectivity index (χ4n) is 2.60. The zero-order valence-electron chi connectivity index (χ0n) is 11.7. The second-order valence-electron chi connectivity index (χ2n) is 4.98. The van der Waals surface area contributed by atoms with Crippen LogP contribution in [0, 0.1) is 4.77 Å². The van der Waals surface area contributed by atoms with Crippen LogP contribution in [0.4, 0.5) is 0 Å². The first-order chi connectivity index (χ1) is 10.1. The van der Waals surface area contributed by atoms with Crippen LogP contribution in [0.25, 0.3) is 0 Å². The fraction of sp³-hybridized carbons (Fsp3) is 0.118. The fourth-order valence-corrected chi connectivity index (χ4v) is 2.76. The Labute approximate surface area is 128 Å². The van der Waals surface area contributed by atoms with Crippen LogP contribution in [-0.2, 0) is 12.6 Å². The second-order valence-corrected chi connectivity index (χ2v) is 5.37. The van der Waals surface area contributed by atoms with E-state index in [-0.39, 0.29) is 0 Å². The lowest BCUT2D eigenvalue weighted by molar-refractivity contribution is 0.117. The normalized spacial score (nSPS) is 11.5. The van der Waals surface area contributed by atoms with Crippen LogP contribution in [-0.4, -0.2) is 14.7 Å². The zero-order chi connectivity index (χ0) is 14.9. The highest BCUT2D eigenvalue weighted by molar-refractivity contribution is 7.71. The number of aromatic nitrogens is 2. The van der Waals surface area contributed by atoms with E-state index in [1.54, 1.807) is 10.8 Å². The summed E-state index contributed by atoms with van der Waals surface area (Å²) in [6.45, 7) is 0. The van der Waals surface area contributed by atoms with Crippen LogP contribution in [0.5, 0.6) is 0 Å². The number of nitrogens with one attached hydrogen (secondary N) is 1. The molecule has 0 radical (unpaired) electrons. The van der Waals surface area contributed by atoms with E-state index in [0.717, 1.165) is 11.1 Å². The molecule has 0 amide bonds. The molecule has 0 bridgehead atoms. The quantitative estimate of drug-likeness (QED) is 0.728. The van der Waals surface area contributed by atoms with Crippen LogP contribution < -0.4 is 0 Å². The van der Waals surface area contributed by atoms with E-state index in [9.17, 15) is 5.11 Å². The second kappa shape index (κ2) is 5.31. The summed E-state index contributed by atoms with van der Waals surface area (Å²) in [6, 6.07) is 19.2. The third-order valence-electron chi connectivity index (χ3n) is 3.75. The molecule has 0 spiro atoms. The molecule has 3 nitrogen and oxygen atoms in total. The first kappa shape index (κ1) is 13.8. The largest absolute Gasteiger partial charge is 0.374 e. The van der Waals surface area contributed by atoms with Crippen molar-refractivity contribution in [1.82, 2.24) is 9.55 Å². The molecule has 0 saturated carbocycles. The first-order valence-corrected chi connectivity index (χ1v) is 7.13. The molecular weight excluding hydrogens is 280 g/mol. The van der Waals surface area contributed by atoms with E-state index < -0.39 is 5.60 Å². The molecular formula is C17H16N2OS. The summed E-state index contributed by atoms with van der Waals surface area (Å²) in [5.74, 6) is 0. The predicted octanol–water partition coefficient (Wildman–Crippen LogP) is 3.37. The molecule has 2 aromatic carbocycles. The molecule has 1 heterocycles. The van der Waals surface area contributed by atoms with Crippen LogP contribution in [0.2, 0.25) is 0 Å². The average Bonchev–Trinajstić information content (AvgIpc) is 2.88. The Balaban J connectivity index is 2.31. The molecule has 4 heteroatoms. The lowest BCUT2D eigenvalue weighted by Gasteiger charge is -2.29. The SMILES string of the molecule is Cn1c(C(O)(c2ccccc2)c2ccccc2)c[nH]c1=S. The molecule has 0 atom stereocenters. The number of rotatable bonds is 3. The van der Waals surface area contributed by atoms with Gasteiger partial charge in [0.25, 0.3) is 0 Å².